The largest absolute Gasteiger partial charge is 0.466 e. The number of benzene rings is 1. The number of carbonyl (C=O) groups is 4. The van der Waals surface area contributed by atoms with E-state index in [1.807, 2.05) is 19.9 Å². The van der Waals surface area contributed by atoms with Crippen molar-refractivity contribution in [1.29, 1.82) is 0 Å². The number of nitrogens with zero attached hydrogens (tertiary/aromatic N) is 1. The van der Waals surface area contributed by atoms with Crippen LogP contribution < -0.4 is 10.6 Å². The number of alkyl carbamates (subject to hydrolysis) is 1. The number of hydrogen-bond donors (Lipinski definition) is 2. The lowest BCUT2D eigenvalue weighted by molar-refractivity contribution is -0.144. The molecule has 0 spiro atoms. The Labute approximate surface area is 214 Å². The summed E-state index contributed by atoms with van der Waals surface area (Å²) in [7, 11) is 1.52. The van der Waals surface area contributed by atoms with E-state index in [4.69, 9.17) is 9.47 Å². The minimum absolute atomic E-state index is 0.00630. The highest BCUT2D eigenvalue weighted by molar-refractivity contribution is 5.92. The van der Waals surface area contributed by atoms with E-state index in [9.17, 15) is 19.2 Å². The molecule has 0 bridgehead atoms. The summed E-state index contributed by atoms with van der Waals surface area (Å²) in [5.74, 6) is -1.55. The smallest absolute Gasteiger partial charge is 0.408 e. The Morgan fingerprint density at radius 3 is 2.39 bits per heavy atom. The van der Waals surface area contributed by atoms with E-state index >= 15 is 0 Å². The molecule has 0 aliphatic carbocycles. The first-order valence-corrected chi connectivity index (χ1v) is 12.3. The second kappa shape index (κ2) is 14.3. The molecule has 9 nitrogen and oxygen atoms in total. The molecule has 0 aromatic heterocycles. The van der Waals surface area contributed by atoms with Crippen LogP contribution in [-0.4, -0.2) is 60.6 Å². The number of ether oxygens (including phenoxy) is 2. The topological polar surface area (TPSA) is 114 Å². The number of rotatable bonds is 12. The summed E-state index contributed by atoms with van der Waals surface area (Å²) in [5, 5.41) is 5.41. The fourth-order valence-corrected chi connectivity index (χ4v) is 3.49. The second-order valence-corrected chi connectivity index (χ2v) is 9.58. The van der Waals surface area contributed by atoms with Crippen LogP contribution in [0.4, 0.5) is 4.79 Å². The zero-order valence-electron chi connectivity index (χ0n) is 22.6. The Kier molecular flexibility index (Phi) is 12.1. The van der Waals surface area contributed by atoms with E-state index in [1.165, 1.54) is 11.9 Å². The van der Waals surface area contributed by atoms with Gasteiger partial charge in [-0.3, -0.25) is 14.4 Å². The first kappa shape index (κ1) is 30.7. The van der Waals surface area contributed by atoms with Crippen molar-refractivity contribution in [3.05, 3.63) is 42.0 Å². The minimum atomic E-state index is -1.01. The van der Waals surface area contributed by atoms with Crippen LogP contribution in [0.1, 0.15) is 71.6 Å². The van der Waals surface area contributed by atoms with Crippen LogP contribution in [0, 0.1) is 5.92 Å². The Hall–Kier alpha value is -3.36. The van der Waals surface area contributed by atoms with E-state index in [1.54, 1.807) is 52.0 Å². The number of carbonyl (C=O) groups excluding carboxylic acids is 4. The van der Waals surface area contributed by atoms with Gasteiger partial charge < -0.3 is 25.0 Å². The van der Waals surface area contributed by atoms with Gasteiger partial charge in [-0.2, -0.15) is 0 Å². The van der Waals surface area contributed by atoms with Crippen LogP contribution in [0.15, 0.2) is 30.8 Å². The maximum atomic E-state index is 13.7. The molecule has 9 heteroatoms. The van der Waals surface area contributed by atoms with E-state index in [0.29, 0.717) is 12.0 Å². The molecule has 0 saturated carbocycles. The molecule has 0 aliphatic heterocycles. The van der Waals surface area contributed by atoms with Gasteiger partial charge in [-0.15, -0.1) is 0 Å². The molecule has 200 valence electrons. The average Bonchev–Trinajstić information content (AvgIpc) is 2.80. The van der Waals surface area contributed by atoms with Gasteiger partial charge in [0.1, 0.15) is 17.7 Å². The molecular weight excluding hydrogens is 462 g/mol. The van der Waals surface area contributed by atoms with Crippen LogP contribution in [0.2, 0.25) is 0 Å². The first-order valence-electron chi connectivity index (χ1n) is 12.3. The molecule has 36 heavy (non-hydrogen) atoms. The number of nitrogens with one attached hydrogen (secondary N) is 2. The van der Waals surface area contributed by atoms with Crippen LogP contribution in [0.5, 0.6) is 0 Å². The maximum absolute atomic E-state index is 13.7. The standard InChI is InChI=1S/C27H41N3O6/c1-9-18(4)22(29-26(34)36-27(5,6)7)25(33)30(8)23(20-14-12-13-19(10-2)17-20)24(32)28-16-15-21(31)35-11-3/h10,12-14,17-18,22-23H,2,9,11,15-16H2,1,3-8H3,(H,28,32)(H,29,34). The Morgan fingerprint density at radius 1 is 1.17 bits per heavy atom. The number of hydrogen-bond acceptors (Lipinski definition) is 6. The number of likely N-dealkylation sites (N-methyl/N-ethyl adjacent to an activating group) is 1. The predicted molar refractivity (Wildman–Crippen MR) is 139 cm³/mol. The lowest BCUT2D eigenvalue weighted by atomic mass is 9.96. The summed E-state index contributed by atoms with van der Waals surface area (Å²) in [6, 6.07) is 5.20. The molecule has 3 unspecified atom stereocenters. The third kappa shape index (κ3) is 9.71. The molecule has 2 N–H and O–H groups in total. The van der Waals surface area contributed by atoms with Gasteiger partial charge in [-0.1, -0.05) is 51.1 Å². The summed E-state index contributed by atoms with van der Waals surface area (Å²) in [6.45, 7) is 14.8. The SMILES string of the molecule is C=Cc1cccc(C(C(=O)NCCC(=O)OCC)N(C)C(=O)C(NC(=O)OC(C)(C)C)C(C)CC)c1. The van der Waals surface area contributed by atoms with Crippen molar-refractivity contribution in [2.75, 3.05) is 20.2 Å². The van der Waals surface area contributed by atoms with Crippen molar-refractivity contribution in [1.82, 2.24) is 15.5 Å². The van der Waals surface area contributed by atoms with Crippen molar-refractivity contribution < 1.29 is 28.7 Å². The normalized spacial score (nSPS) is 13.5. The number of amides is 3. The quantitative estimate of drug-likeness (QED) is 0.419. The van der Waals surface area contributed by atoms with Gasteiger partial charge in [0.2, 0.25) is 11.8 Å². The predicted octanol–water partition coefficient (Wildman–Crippen LogP) is 3.84. The van der Waals surface area contributed by atoms with E-state index in [2.05, 4.69) is 17.2 Å². The molecule has 3 atom stereocenters. The van der Waals surface area contributed by atoms with Gasteiger partial charge in [-0.25, -0.2) is 4.79 Å². The Bertz CT molecular complexity index is 924. The van der Waals surface area contributed by atoms with Gasteiger partial charge in [0.05, 0.1) is 13.0 Å². The summed E-state index contributed by atoms with van der Waals surface area (Å²) in [6.07, 6.45) is 1.56. The van der Waals surface area contributed by atoms with Crippen LogP contribution in [-0.2, 0) is 23.9 Å². The van der Waals surface area contributed by atoms with Crippen LogP contribution in [0.3, 0.4) is 0 Å². The van der Waals surface area contributed by atoms with Crippen molar-refractivity contribution in [3.8, 4) is 0 Å². The third-order valence-electron chi connectivity index (χ3n) is 5.53. The van der Waals surface area contributed by atoms with Crippen molar-refractivity contribution in [2.45, 2.75) is 72.1 Å². The van der Waals surface area contributed by atoms with Crippen molar-refractivity contribution in [2.24, 2.45) is 5.92 Å². The zero-order valence-corrected chi connectivity index (χ0v) is 22.6. The Morgan fingerprint density at radius 2 is 1.83 bits per heavy atom. The molecule has 0 saturated heterocycles. The summed E-state index contributed by atoms with van der Waals surface area (Å²) >= 11 is 0. The molecular formula is C27H41N3O6. The third-order valence-corrected chi connectivity index (χ3v) is 5.53. The summed E-state index contributed by atoms with van der Waals surface area (Å²) in [4.78, 5) is 52.5. The van der Waals surface area contributed by atoms with Gasteiger partial charge in [0.25, 0.3) is 0 Å². The van der Waals surface area contributed by atoms with E-state index in [-0.39, 0.29) is 25.5 Å². The van der Waals surface area contributed by atoms with Crippen molar-refractivity contribution >= 4 is 30.0 Å². The number of esters is 1. The monoisotopic (exact) mass is 503 g/mol. The molecule has 0 aliphatic rings. The first-order chi connectivity index (χ1) is 16.8. The molecule has 0 fully saturated rings. The highest BCUT2D eigenvalue weighted by Gasteiger charge is 2.36. The lowest BCUT2D eigenvalue weighted by Gasteiger charge is -2.33. The second-order valence-electron chi connectivity index (χ2n) is 9.58. The average molecular weight is 504 g/mol. The van der Waals surface area contributed by atoms with Crippen LogP contribution in [0.25, 0.3) is 6.08 Å². The minimum Gasteiger partial charge on any atom is -0.466 e. The van der Waals surface area contributed by atoms with Gasteiger partial charge in [0.15, 0.2) is 0 Å². The fraction of sp³-hybridized carbons (Fsp3) is 0.556. The molecule has 1 aromatic rings. The molecule has 1 rings (SSSR count). The summed E-state index contributed by atoms with van der Waals surface area (Å²) < 4.78 is 10.3. The van der Waals surface area contributed by atoms with Crippen molar-refractivity contribution in [3.63, 3.8) is 0 Å². The lowest BCUT2D eigenvalue weighted by Crippen LogP contribution is -2.54. The maximum Gasteiger partial charge on any atom is 0.408 e. The van der Waals surface area contributed by atoms with Gasteiger partial charge >= 0.3 is 12.1 Å². The van der Waals surface area contributed by atoms with Crippen LogP contribution >= 0.6 is 0 Å². The van der Waals surface area contributed by atoms with Gasteiger partial charge in [0, 0.05) is 13.6 Å². The highest BCUT2D eigenvalue weighted by atomic mass is 16.6. The molecule has 0 heterocycles. The van der Waals surface area contributed by atoms with Gasteiger partial charge in [-0.05, 0) is 50.8 Å². The van der Waals surface area contributed by atoms with E-state index in [0.717, 1.165) is 5.56 Å². The highest BCUT2D eigenvalue weighted by Crippen LogP contribution is 2.24. The summed E-state index contributed by atoms with van der Waals surface area (Å²) in [5.41, 5.74) is 0.617. The van der Waals surface area contributed by atoms with E-state index < -0.39 is 41.6 Å². The molecule has 1 aromatic carbocycles. The molecule has 3 amide bonds. The Balaban J connectivity index is 3.25. The molecule has 0 radical (unpaired) electrons. The zero-order chi connectivity index (χ0) is 27.5. The fourth-order valence-electron chi connectivity index (χ4n) is 3.49.